The lowest BCUT2D eigenvalue weighted by Crippen LogP contribution is -2.00. The molecule has 0 radical (unpaired) electrons. The van der Waals surface area contributed by atoms with Crippen molar-refractivity contribution in [3.63, 3.8) is 0 Å². The van der Waals surface area contributed by atoms with Crippen molar-refractivity contribution in [2.45, 2.75) is 17.7 Å². The number of benzene rings is 1. The van der Waals surface area contributed by atoms with E-state index in [2.05, 4.69) is 32.1 Å². The SMILES string of the molecule is COc1cc2c(cc1-c1nc3cncnc3[nH]1)CCCS2. The highest BCUT2D eigenvalue weighted by atomic mass is 32.2. The van der Waals surface area contributed by atoms with Crippen LogP contribution in [-0.2, 0) is 6.42 Å². The predicted molar refractivity (Wildman–Crippen MR) is 82.7 cm³/mol. The van der Waals surface area contributed by atoms with E-state index in [1.807, 2.05) is 11.8 Å². The molecule has 0 spiro atoms. The maximum atomic E-state index is 5.55. The predicted octanol–water partition coefficient (Wildman–Crippen LogP) is 3.07. The van der Waals surface area contributed by atoms with Crippen LogP contribution >= 0.6 is 11.8 Å². The summed E-state index contributed by atoms with van der Waals surface area (Å²) in [7, 11) is 1.70. The maximum absolute atomic E-state index is 5.55. The van der Waals surface area contributed by atoms with Gasteiger partial charge in [-0.2, -0.15) is 0 Å². The average Bonchev–Trinajstić information content (AvgIpc) is 2.97. The zero-order valence-corrected chi connectivity index (χ0v) is 12.4. The second-order valence-electron chi connectivity index (χ2n) is 4.95. The Morgan fingerprint density at radius 3 is 3.14 bits per heavy atom. The summed E-state index contributed by atoms with van der Waals surface area (Å²) in [6.07, 6.45) is 5.56. The summed E-state index contributed by atoms with van der Waals surface area (Å²) in [5.74, 6) is 2.80. The molecule has 0 bridgehead atoms. The number of H-pyrrole nitrogens is 1. The number of ether oxygens (including phenoxy) is 1. The molecule has 0 aliphatic carbocycles. The van der Waals surface area contributed by atoms with E-state index in [1.54, 1.807) is 13.3 Å². The summed E-state index contributed by atoms with van der Waals surface area (Å²) in [4.78, 5) is 17.3. The number of thioether (sulfide) groups is 1. The van der Waals surface area contributed by atoms with Crippen molar-refractivity contribution in [1.29, 1.82) is 0 Å². The van der Waals surface area contributed by atoms with Gasteiger partial charge in [-0.1, -0.05) is 0 Å². The van der Waals surface area contributed by atoms with Crippen LogP contribution in [0.25, 0.3) is 22.6 Å². The van der Waals surface area contributed by atoms with Crippen molar-refractivity contribution in [1.82, 2.24) is 19.9 Å². The van der Waals surface area contributed by atoms with E-state index >= 15 is 0 Å². The minimum atomic E-state index is 0.745. The Morgan fingerprint density at radius 1 is 1.33 bits per heavy atom. The average molecular weight is 298 g/mol. The summed E-state index contributed by atoms with van der Waals surface area (Å²) in [6, 6.07) is 4.30. The molecule has 0 fully saturated rings. The van der Waals surface area contributed by atoms with Gasteiger partial charge in [0.25, 0.3) is 0 Å². The minimum Gasteiger partial charge on any atom is -0.496 e. The van der Waals surface area contributed by atoms with Crippen LogP contribution < -0.4 is 4.74 Å². The number of nitrogens with one attached hydrogen (secondary N) is 1. The molecule has 1 aliphatic heterocycles. The number of nitrogens with zero attached hydrogens (tertiary/aromatic N) is 3. The summed E-state index contributed by atoms with van der Waals surface area (Å²) >= 11 is 1.89. The van der Waals surface area contributed by atoms with Crippen LogP contribution in [-0.4, -0.2) is 32.8 Å². The molecule has 4 rings (SSSR count). The van der Waals surface area contributed by atoms with Gasteiger partial charge in [-0.25, -0.2) is 15.0 Å². The minimum absolute atomic E-state index is 0.745. The van der Waals surface area contributed by atoms with Gasteiger partial charge in [-0.05, 0) is 36.3 Å². The number of methoxy groups -OCH3 is 1. The number of hydrogen-bond acceptors (Lipinski definition) is 5. The van der Waals surface area contributed by atoms with Crippen LogP contribution in [0.15, 0.2) is 29.6 Å². The number of aromatic nitrogens is 4. The molecule has 106 valence electrons. The number of fused-ring (bicyclic) bond motifs is 2. The van der Waals surface area contributed by atoms with Gasteiger partial charge in [0.1, 0.15) is 23.4 Å². The fourth-order valence-corrected chi connectivity index (χ4v) is 3.67. The Hall–Kier alpha value is -2.08. The molecule has 1 N–H and O–H groups in total. The molecule has 6 heteroatoms. The Kier molecular flexibility index (Phi) is 3.03. The fraction of sp³-hybridized carbons (Fsp3) is 0.267. The summed E-state index contributed by atoms with van der Waals surface area (Å²) in [6.45, 7) is 0. The van der Waals surface area contributed by atoms with Crippen molar-refractivity contribution in [3.8, 4) is 17.1 Å². The van der Waals surface area contributed by atoms with Crippen LogP contribution in [0.1, 0.15) is 12.0 Å². The van der Waals surface area contributed by atoms with Crippen molar-refractivity contribution >= 4 is 22.9 Å². The second-order valence-corrected chi connectivity index (χ2v) is 6.09. The monoisotopic (exact) mass is 298 g/mol. The first-order valence-corrected chi connectivity index (χ1v) is 7.83. The normalized spacial score (nSPS) is 14.1. The molecular weight excluding hydrogens is 284 g/mol. The molecule has 3 heterocycles. The molecule has 0 unspecified atom stereocenters. The zero-order chi connectivity index (χ0) is 14.2. The molecule has 1 aliphatic rings. The van der Waals surface area contributed by atoms with Gasteiger partial charge in [-0.15, -0.1) is 11.8 Å². The number of rotatable bonds is 2. The van der Waals surface area contributed by atoms with Crippen LogP contribution in [0.5, 0.6) is 5.75 Å². The molecular formula is C15H14N4OS. The summed E-state index contributed by atoms with van der Waals surface area (Å²) < 4.78 is 5.55. The van der Waals surface area contributed by atoms with Gasteiger partial charge in [0.2, 0.25) is 0 Å². The van der Waals surface area contributed by atoms with Gasteiger partial charge >= 0.3 is 0 Å². The van der Waals surface area contributed by atoms with Crippen LogP contribution in [0.2, 0.25) is 0 Å². The standard InChI is InChI=1S/C15H14N4OS/c1-20-12-6-13-9(3-2-4-21-13)5-10(12)14-18-11-7-16-8-17-15(11)19-14/h5-8H,2-4H2,1H3,(H,16,17,18,19). The van der Waals surface area contributed by atoms with Gasteiger partial charge in [0.05, 0.1) is 18.9 Å². The lowest BCUT2D eigenvalue weighted by molar-refractivity contribution is 0.414. The quantitative estimate of drug-likeness (QED) is 0.787. The zero-order valence-electron chi connectivity index (χ0n) is 11.6. The number of hydrogen-bond donors (Lipinski definition) is 1. The van der Waals surface area contributed by atoms with Crippen LogP contribution in [0.3, 0.4) is 0 Å². The summed E-state index contributed by atoms with van der Waals surface area (Å²) in [5, 5.41) is 0. The van der Waals surface area contributed by atoms with Gasteiger partial charge in [-0.3, -0.25) is 0 Å². The van der Waals surface area contributed by atoms with Crippen molar-refractivity contribution in [3.05, 3.63) is 30.2 Å². The highest BCUT2D eigenvalue weighted by Gasteiger charge is 2.17. The first-order chi connectivity index (χ1) is 10.3. The smallest absolute Gasteiger partial charge is 0.161 e. The Balaban J connectivity index is 1.89. The number of aryl methyl sites for hydroxylation is 1. The molecule has 1 aromatic carbocycles. The first kappa shape index (κ1) is 12.6. The van der Waals surface area contributed by atoms with E-state index in [0.29, 0.717) is 0 Å². The molecule has 21 heavy (non-hydrogen) atoms. The molecule has 5 nitrogen and oxygen atoms in total. The van der Waals surface area contributed by atoms with Crippen LogP contribution in [0.4, 0.5) is 0 Å². The molecule has 0 saturated carbocycles. The Bertz CT molecular complexity index is 782. The Morgan fingerprint density at radius 2 is 2.29 bits per heavy atom. The highest BCUT2D eigenvalue weighted by molar-refractivity contribution is 7.99. The second kappa shape index (κ2) is 5.04. The van der Waals surface area contributed by atoms with Gasteiger partial charge in [0, 0.05) is 4.90 Å². The molecule has 0 amide bonds. The third-order valence-corrected chi connectivity index (χ3v) is 4.83. The van der Waals surface area contributed by atoms with E-state index in [-0.39, 0.29) is 0 Å². The molecule has 0 saturated heterocycles. The number of aromatic amines is 1. The van der Waals surface area contributed by atoms with Crippen molar-refractivity contribution < 1.29 is 4.74 Å². The molecule has 0 atom stereocenters. The summed E-state index contributed by atoms with van der Waals surface area (Å²) in [5.41, 5.74) is 3.86. The molecule has 3 aromatic rings. The largest absolute Gasteiger partial charge is 0.496 e. The van der Waals surface area contributed by atoms with E-state index in [4.69, 9.17) is 4.74 Å². The van der Waals surface area contributed by atoms with E-state index in [1.165, 1.54) is 29.0 Å². The topological polar surface area (TPSA) is 63.7 Å². The fourth-order valence-electron chi connectivity index (χ4n) is 2.62. The van der Waals surface area contributed by atoms with Gasteiger partial charge < -0.3 is 9.72 Å². The van der Waals surface area contributed by atoms with Crippen molar-refractivity contribution in [2.75, 3.05) is 12.9 Å². The third-order valence-electron chi connectivity index (χ3n) is 3.65. The third kappa shape index (κ3) is 2.15. The first-order valence-electron chi connectivity index (χ1n) is 6.85. The van der Waals surface area contributed by atoms with E-state index in [0.717, 1.165) is 34.7 Å². The van der Waals surface area contributed by atoms with E-state index < -0.39 is 0 Å². The van der Waals surface area contributed by atoms with Crippen molar-refractivity contribution in [2.24, 2.45) is 0 Å². The lowest BCUT2D eigenvalue weighted by Gasteiger charge is -2.18. The highest BCUT2D eigenvalue weighted by Crippen LogP contribution is 2.38. The number of imidazole rings is 1. The van der Waals surface area contributed by atoms with E-state index in [9.17, 15) is 0 Å². The lowest BCUT2D eigenvalue weighted by atomic mass is 10.0. The molecule has 2 aromatic heterocycles. The Labute approximate surface area is 126 Å². The maximum Gasteiger partial charge on any atom is 0.161 e. The van der Waals surface area contributed by atoms with Crippen LogP contribution in [0, 0.1) is 0 Å². The van der Waals surface area contributed by atoms with Gasteiger partial charge in [0.15, 0.2) is 5.65 Å².